The predicted octanol–water partition coefficient (Wildman–Crippen LogP) is 5.61. The molecule has 0 unspecified atom stereocenters. The number of hydrogen-bond acceptors (Lipinski definition) is 4. The molecule has 37 heavy (non-hydrogen) atoms. The molecular formula is C27H37Cl2N3O4S. The van der Waals surface area contributed by atoms with E-state index >= 15 is 0 Å². The molecule has 2 aromatic carbocycles. The van der Waals surface area contributed by atoms with E-state index in [0.29, 0.717) is 34.3 Å². The Morgan fingerprint density at radius 2 is 1.65 bits per heavy atom. The molecule has 2 rings (SSSR count). The molecular weight excluding hydrogens is 533 g/mol. The first kappa shape index (κ1) is 30.9. The first-order valence-electron chi connectivity index (χ1n) is 12.5. The Hall–Kier alpha value is -2.29. The van der Waals surface area contributed by atoms with Crippen molar-refractivity contribution in [2.24, 2.45) is 0 Å². The van der Waals surface area contributed by atoms with Gasteiger partial charge in [-0.2, -0.15) is 0 Å². The predicted molar refractivity (Wildman–Crippen MR) is 152 cm³/mol. The lowest BCUT2D eigenvalue weighted by molar-refractivity contribution is -0.140. The van der Waals surface area contributed by atoms with Crippen LogP contribution in [0.4, 0.5) is 5.69 Å². The van der Waals surface area contributed by atoms with Crippen LogP contribution < -0.4 is 9.62 Å². The third kappa shape index (κ3) is 8.90. The van der Waals surface area contributed by atoms with Crippen molar-refractivity contribution >= 4 is 50.7 Å². The van der Waals surface area contributed by atoms with Crippen molar-refractivity contribution in [3.8, 4) is 0 Å². The minimum absolute atomic E-state index is 0.0688. The van der Waals surface area contributed by atoms with Gasteiger partial charge in [0.25, 0.3) is 0 Å². The number of nitrogens with one attached hydrogen (secondary N) is 1. The molecule has 0 spiro atoms. The van der Waals surface area contributed by atoms with E-state index < -0.39 is 28.5 Å². The highest BCUT2D eigenvalue weighted by Gasteiger charge is 2.31. The number of hydrogen-bond donors (Lipinski definition) is 1. The lowest BCUT2D eigenvalue weighted by atomic mass is 10.0. The van der Waals surface area contributed by atoms with Crippen molar-refractivity contribution < 1.29 is 18.0 Å². The summed E-state index contributed by atoms with van der Waals surface area (Å²) in [6.07, 6.45) is 3.15. The Morgan fingerprint density at radius 1 is 1.00 bits per heavy atom. The van der Waals surface area contributed by atoms with Crippen molar-refractivity contribution in [3.05, 3.63) is 63.6 Å². The molecule has 1 N–H and O–H groups in total. The number of halogens is 2. The fourth-order valence-corrected chi connectivity index (χ4v) is 5.07. The molecule has 0 radical (unpaired) electrons. The van der Waals surface area contributed by atoms with Crippen molar-refractivity contribution in [3.63, 3.8) is 0 Å². The molecule has 10 heteroatoms. The Balaban J connectivity index is 2.42. The normalized spacial score (nSPS) is 12.3. The molecule has 1 atom stereocenters. The third-order valence-corrected chi connectivity index (χ3v) is 7.96. The zero-order chi connectivity index (χ0) is 27.8. The lowest BCUT2D eigenvalue weighted by Crippen LogP contribution is -2.52. The number of carbonyl (C=O) groups excluding carboxylic acids is 2. The summed E-state index contributed by atoms with van der Waals surface area (Å²) >= 11 is 12.3. The van der Waals surface area contributed by atoms with Gasteiger partial charge in [0.1, 0.15) is 12.6 Å². The van der Waals surface area contributed by atoms with Gasteiger partial charge < -0.3 is 10.2 Å². The number of carbonyl (C=O) groups is 2. The molecule has 7 nitrogen and oxygen atoms in total. The third-order valence-electron chi connectivity index (χ3n) is 6.08. The van der Waals surface area contributed by atoms with Gasteiger partial charge in [0.2, 0.25) is 21.8 Å². The van der Waals surface area contributed by atoms with Gasteiger partial charge in [-0.1, -0.05) is 75.5 Å². The van der Waals surface area contributed by atoms with Gasteiger partial charge in [-0.05, 0) is 54.2 Å². The maximum absolute atomic E-state index is 13.7. The average molecular weight is 571 g/mol. The van der Waals surface area contributed by atoms with E-state index in [2.05, 4.69) is 5.32 Å². The number of rotatable bonds is 13. The highest BCUT2D eigenvalue weighted by Crippen LogP contribution is 2.25. The van der Waals surface area contributed by atoms with Crippen LogP contribution in [0.2, 0.25) is 10.0 Å². The first-order valence-corrected chi connectivity index (χ1v) is 15.1. The Kier molecular flexibility index (Phi) is 11.7. The van der Waals surface area contributed by atoms with E-state index in [1.54, 1.807) is 30.3 Å². The quantitative estimate of drug-likeness (QED) is 0.318. The maximum atomic E-state index is 13.7. The van der Waals surface area contributed by atoms with E-state index in [4.69, 9.17) is 23.2 Å². The van der Waals surface area contributed by atoms with Gasteiger partial charge in [-0.25, -0.2) is 8.42 Å². The van der Waals surface area contributed by atoms with Crippen LogP contribution >= 0.6 is 23.2 Å². The van der Waals surface area contributed by atoms with Gasteiger partial charge in [-0.3, -0.25) is 13.9 Å². The first-order chi connectivity index (χ1) is 17.4. The summed E-state index contributed by atoms with van der Waals surface area (Å²) in [6, 6.07) is 11.3. The SMILES string of the molecule is CCCCNC(=O)[C@@H](CC)N(Cc1ccc(Cl)c(Cl)c1)C(=O)CN(c1ccc(C(C)C)cc1)S(C)(=O)=O. The van der Waals surface area contributed by atoms with Crippen molar-refractivity contribution in [2.45, 2.75) is 65.5 Å². The van der Waals surface area contributed by atoms with Crippen molar-refractivity contribution in [1.29, 1.82) is 0 Å². The second-order valence-corrected chi connectivity index (χ2v) is 12.1. The highest BCUT2D eigenvalue weighted by molar-refractivity contribution is 7.92. The second kappa shape index (κ2) is 14.0. The molecule has 204 valence electrons. The number of benzene rings is 2. The van der Waals surface area contributed by atoms with Crippen LogP contribution in [-0.2, 0) is 26.2 Å². The monoisotopic (exact) mass is 569 g/mol. The highest BCUT2D eigenvalue weighted by atomic mass is 35.5. The molecule has 0 saturated carbocycles. The van der Waals surface area contributed by atoms with E-state index in [-0.39, 0.29) is 18.4 Å². The summed E-state index contributed by atoms with van der Waals surface area (Å²) in [4.78, 5) is 28.2. The molecule has 0 aliphatic rings. The van der Waals surface area contributed by atoms with Gasteiger partial charge in [-0.15, -0.1) is 0 Å². The molecule has 0 bridgehead atoms. The number of unbranched alkanes of at least 4 members (excludes halogenated alkanes) is 1. The standard InChI is InChI=1S/C27H37Cl2N3O4S/c1-6-8-15-30-27(34)25(7-2)31(17-20-9-14-23(28)24(29)16-20)26(33)18-32(37(5,35)36)22-12-10-21(11-13-22)19(3)4/h9-14,16,19,25H,6-8,15,17-18H2,1-5H3,(H,30,34)/t25-/m1/s1. The van der Waals surface area contributed by atoms with Gasteiger partial charge in [0, 0.05) is 13.1 Å². The lowest BCUT2D eigenvalue weighted by Gasteiger charge is -2.33. The van der Waals surface area contributed by atoms with Crippen LogP contribution in [0.3, 0.4) is 0 Å². The van der Waals surface area contributed by atoms with E-state index in [9.17, 15) is 18.0 Å². The number of anilines is 1. The molecule has 2 amide bonds. The Bertz CT molecular complexity index is 1170. The smallest absolute Gasteiger partial charge is 0.244 e. The van der Waals surface area contributed by atoms with Gasteiger partial charge in [0.15, 0.2) is 0 Å². The van der Waals surface area contributed by atoms with Crippen LogP contribution in [-0.4, -0.2) is 50.5 Å². The molecule has 0 aliphatic carbocycles. The van der Waals surface area contributed by atoms with Crippen LogP contribution in [0.1, 0.15) is 64.0 Å². The van der Waals surface area contributed by atoms with E-state index in [1.165, 1.54) is 4.90 Å². The number of amides is 2. The Morgan fingerprint density at radius 3 is 2.16 bits per heavy atom. The maximum Gasteiger partial charge on any atom is 0.244 e. The van der Waals surface area contributed by atoms with Crippen LogP contribution in [0.25, 0.3) is 0 Å². The van der Waals surface area contributed by atoms with Gasteiger partial charge in [0.05, 0.1) is 22.0 Å². The number of nitrogens with zero attached hydrogens (tertiary/aromatic N) is 2. The second-order valence-electron chi connectivity index (χ2n) is 9.35. The summed E-state index contributed by atoms with van der Waals surface area (Å²) in [7, 11) is -3.79. The van der Waals surface area contributed by atoms with Crippen molar-refractivity contribution in [1.82, 2.24) is 10.2 Å². The van der Waals surface area contributed by atoms with Crippen molar-refractivity contribution in [2.75, 3.05) is 23.7 Å². The molecule has 0 fully saturated rings. The minimum Gasteiger partial charge on any atom is -0.354 e. The molecule has 0 aromatic heterocycles. The van der Waals surface area contributed by atoms with E-state index in [1.807, 2.05) is 39.8 Å². The zero-order valence-corrected chi connectivity index (χ0v) is 24.5. The summed E-state index contributed by atoms with van der Waals surface area (Å²) in [5.74, 6) is -0.501. The topological polar surface area (TPSA) is 86.8 Å². The minimum atomic E-state index is -3.79. The fraction of sp³-hybridized carbons (Fsp3) is 0.481. The van der Waals surface area contributed by atoms with Crippen LogP contribution in [0.15, 0.2) is 42.5 Å². The summed E-state index contributed by atoms with van der Waals surface area (Å²) < 4.78 is 26.6. The summed E-state index contributed by atoms with van der Waals surface area (Å²) in [6.45, 7) is 8.06. The van der Waals surface area contributed by atoms with Gasteiger partial charge >= 0.3 is 0 Å². The molecule has 0 saturated heterocycles. The number of sulfonamides is 1. The zero-order valence-electron chi connectivity index (χ0n) is 22.1. The van der Waals surface area contributed by atoms with Crippen LogP contribution in [0, 0.1) is 0 Å². The molecule has 0 aliphatic heterocycles. The fourth-order valence-electron chi connectivity index (χ4n) is 3.90. The summed E-state index contributed by atoms with van der Waals surface area (Å²) in [5, 5.41) is 3.60. The molecule has 2 aromatic rings. The molecule has 0 heterocycles. The average Bonchev–Trinajstić information content (AvgIpc) is 2.84. The largest absolute Gasteiger partial charge is 0.354 e. The van der Waals surface area contributed by atoms with E-state index in [0.717, 1.165) is 29.0 Å². The summed E-state index contributed by atoms with van der Waals surface area (Å²) in [5.41, 5.74) is 2.12. The Labute approximate surface area is 231 Å². The van der Waals surface area contributed by atoms with Crippen LogP contribution in [0.5, 0.6) is 0 Å².